The summed E-state index contributed by atoms with van der Waals surface area (Å²) < 4.78 is 10.9. The number of amides is 1. The van der Waals surface area contributed by atoms with Crippen molar-refractivity contribution in [2.24, 2.45) is 0 Å². The van der Waals surface area contributed by atoms with E-state index in [1.165, 1.54) is 19.3 Å². The predicted octanol–water partition coefficient (Wildman–Crippen LogP) is 3.54. The molecule has 0 saturated heterocycles. The minimum atomic E-state index is -0.154. The summed E-state index contributed by atoms with van der Waals surface area (Å²) in [5.74, 6) is 1.42. The first kappa shape index (κ1) is 16.6. The van der Waals surface area contributed by atoms with Gasteiger partial charge in [0.05, 0.1) is 31.1 Å². The molecule has 1 saturated carbocycles. The summed E-state index contributed by atoms with van der Waals surface area (Å²) in [6.07, 6.45) is 7.50. The molecule has 1 aliphatic rings. The predicted molar refractivity (Wildman–Crippen MR) is 96.1 cm³/mol. The molecule has 0 atom stereocenters. The molecule has 7 heteroatoms. The summed E-state index contributed by atoms with van der Waals surface area (Å²) in [5, 5.41) is 10.00. The van der Waals surface area contributed by atoms with Crippen LogP contribution in [0.15, 0.2) is 28.8 Å². The first-order valence-corrected chi connectivity index (χ1v) is 8.99. The number of H-pyrrole nitrogens is 1. The highest BCUT2D eigenvalue weighted by Gasteiger charge is 2.23. The van der Waals surface area contributed by atoms with E-state index in [2.05, 4.69) is 20.5 Å². The van der Waals surface area contributed by atoms with Crippen molar-refractivity contribution in [1.29, 1.82) is 0 Å². The van der Waals surface area contributed by atoms with Crippen LogP contribution in [0.1, 0.15) is 60.0 Å². The van der Waals surface area contributed by atoms with Gasteiger partial charge in [0.2, 0.25) is 5.89 Å². The van der Waals surface area contributed by atoms with Crippen molar-refractivity contribution in [3.05, 3.63) is 41.5 Å². The third-order valence-corrected chi connectivity index (χ3v) is 4.97. The van der Waals surface area contributed by atoms with Crippen molar-refractivity contribution in [2.75, 3.05) is 7.11 Å². The van der Waals surface area contributed by atoms with Crippen molar-refractivity contribution in [2.45, 2.75) is 44.6 Å². The molecular weight excluding hydrogens is 332 g/mol. The molecule has 0 aliphatic heterocycles. The third kappa shape index (κ3) is 3.29. The molecule has 7 nitrogen and oxygen atoms in total. The number of nitrogens with zero attached hydrogens (tertiary/aromatic N) is 2. The number of benzene rings is 1. The fraction of sp³-hybridized carbons (Fsp3) is 0.421. The maximum atomic E-state index is 12.6. The van der Waals surface area contributed by atoms with Crippen LogP contribution in [0.25, 0.3) is 11.1 Å². The lowest BCUT2D eigenvalue weighted by molar-refractivity contribution is 0.0946. The summed E-state index contributed by atoms with van der Waals surface area (Å²) in [6.45, 7) is 0.227. The van der Waals surface area contributed by atoms with Gasteiger partial charge in [-0.1, -0.05) is 19.3 Å². The van der Waals surface area contributed by atoms with Gasteiger partial charge in [-0.25, -0.2) is 4.98 Å². The van der Waals surface area contributed by atoms with Crippen LogP contribution in [0, 0.1) is 0 Å². The van der Waals surface area contributed by atoms with E-state index >= 15 is 0 Å². The van der Waals surface area contributed by atoms with Crippen molar-refractivity contribution in [3.8, 4) is 5.75 Å². The van der Waals surface area contributed by atoms with Gasteiger partial charge in [-0.15, -0.1) is 0 Å². The molecule has 1 aliphatic carbocycles. The monoisotopic (exact) mass is 354 g/mol. The Morgan fingerprint density at radius 3 is 3.00 bits per heavy atom. The quantitative estimate of drug-likeness (QED) is 0.731. The minimum Gasteiger partial charge on any atom is -0.497 e. The lowest BCUT2D eigenvalue weighted by atomic mass is 9.85. The number of carbonyl (C=O) groups is 1. The second-order valence-electron chi connectivity index (χ2n) is 6.66. The number of aromatic amines is 1. The van der Waals surface area contributed by atoms with E-state index in [1.807, 2.05) is 12.1 Å². The van der Waals surface area contributed by atoms with Crippen molar-refractivity contribution in [3.63, 3.8) is 0 Å². The second kappa shape index (κ2) is 7.19. The lowest BCUT2D eigenvalue weighted by Gasteiger charge is -2.21. The molecule has 1 fully saturated rings. The van der Waals surface area contributed by atoms with E-state index in [0.29, 0.717) is 28.5 Å². The first-order valence-electron chi connectivity index (χ1n) is 8.99. The number of methoxy groups -OCH3 is 1. The summed E-state index contributed by atoms with van der Waals surface area (Å²) >= 11 is 0. The van der Waals surface area contributed by atoms with Crippen LogP contribution >= 0.6 is 0 Å². The first-order chi connectivity index (χ1) is 12.7. The van der Waals surface area contributed by atoms with Gasteiger partial charge < -0.3 is 14.5 Å². The Kier molecular flexibility index (Phi) is 4.60. The average Bonchev–Trinajstić information content (AvgIpc) is 3.32. The average molecular weight is 354 g/mol. The van der Waals surface area contributed by atoms with Crippen LogP contribution in [-0.2, 0) is 6.54 Å². The zero-order valence-electron chi connectivity index (χ0n) is 14.7. The Morgan fingerprint density at radius 2 is 2.19 bits per heavy atom. The molecule has 2 N–H and O–H groups in total. The molecule has 1 amide bonds. The molecule has 1 aromatic carbocycles. The molecule has 4 rings (SSSR count). The minimum absolute atomic E-state index is 0.154. The third-order valence-electron chi connectivity index (χ3n) is 4.97. The van der Waals surface area contributed by atoms with Crippen LogP contribution in [0.2, 0.25) is 0 Å². The molecule has 2 aromatic heterocycles. The zero-order valence-corrected chi connectivity index (χ0v) is 14.7. The Balaban J connectivity index is 1.45. The molecule has 0 radical (unpaired) electrons. The van der Waals surface area contributed by atoms with Gasteiger partial charge in [0.15, 0.2) is 5.58 Å². The molecule has 0 spiro atoms. The normalized spacial score (nSPS) is 15.3. The van der Waals surface area contributed by atoms with E-state index in [0.717, 1.165) is 24.3 Å². The highest BCUT2D eigenvalue weighted by atomic mass is 16.5. The zero-order chi connectivity index (χ0) is 17.9. The number of hydrogen-bond donors (Lipinski definition) is 2. The Morgan fingerprint density at radius 1 is 1.35 bits per heavy atom. The van der Waals surface area contributed by atoms with E-state index in [-0.39, 0.29) is 12.5 Å². The van der Waals surface area contributed by atoms with Crippen LogP contribution in [-0.4, -0.2) is 28.2 Å². The van der Waals surface area contributed by atoms with Crippen molar-refractivity contribution in [1.82, 2.24) is 20.5 Å². The smallest absolute Gasteiger partial charge is 0.255 e. The number of oxazole rings is 1. The van der Waals surface area contributed by atoms with Crippen LogP contribution < -0.4 is 10.1 Å². The Bertz CT molecular complexity index is 909. The van der Waals surface area contributed by atoms with E-state index in [1.54, 1.807) is 19.4 Å². The number of aromatic nitrogens is 3. The molecule has 0 unspecified atom stereocenters. The SMILES string of the molecule is COc1ccc2oc(CNC(=O)c3cn[nH]c3C3CCCCC3)nc2c1. The highest BCUT2D eigenvalue weighted by Crippen LogP contribution is 2.33. The largest absolute Gasteiger partial charge is 0.497 e. The summed E-state index contributed by atoms with van der Waals surface area (Å²) in [4.78, 5) is 17.0. The standard InChI is InChI=1S/C19H22N4O3/c1-25-13-7-8-16-15(9-13)22-17(26-16)11-20-19(24)14-10-21-23-18(14)12-5-3-2-4-6-12/h7-10,12H,2-6,11H2,1H3,(H,20,24)(H,21,23). The molecule has 26 heavy (non-hydrogen) atoms. The number of hydrogen-bond acceptors (Lipinski definition) is 5. The molecule has 2 heterocycles. The number of ether oxygens (including phenoxy) is 1. The van der Waals surface area contributed by atoms with Gasteiger partial charge in [-0.3, -0.25) is 9.89 Å². The van der Waals surface area contributed by atoms with Gasteiger partial charge in [-0.2, -0.15) is 5.10 Å². The van der Waals surface area contributed by atoms with Crippen LogP contribution in [0.3, 0.4) is 0 Å². The number of nitrogens with one attached hydrogen (secondary N) is 2. The fourth-order valence-corrected chi connectivity index (χ4v) is 3.59. The van der Waals surface area contributed by atoms with E-state index < -0.39 is 0 Å². The summed E-state index contributed by atoms with van der Waals surface area (Å²) in [6, 6.07) is 5.43. The van der Waals surface area contributed by atoms with Crippen LogP contribution in [0.4, 0.5) is 0 Å². The van der Waals surface area contributed by atoms with E-state index in [4.69, 9.17) is 9.15 Å². The molecule has 3 aromatic rings. The van der Waals surface area contributed by atoms with Gasteiger partial charge >= 0.3 is 0 Å². The molecular formula is C19H22N4O3. The fourth-order valence-electron chi connectivity index (χ4n) is 3.59. The summed E-state index contributed by atoms with van der Waals surface area (Å²) in [7, 11) is 1.61. The number of fused-ring (bicyclic) bond motifs is 1. The Hall–Kier alpha value is -2.83. The van der Waals surface area contributed by atoms with E-state index in [9.17, 15) is 4.79 Å². The van der Waals surface area contributed by atoms with Crippen molar-refractivity contribution < 1.29 is 13.9 Å². The Labute approximate surface area is 151 Å². The van der Waals surface area contributed by atoms with Gasteiger partial charge in [0.25, 0.3) is 5.91 Å². The molecule has 136 valence electrons. The van der Waals surface area contributed by atoms with Gasteiger partial charge in [-0.05, 0) is 25.0 Å². The topological polar surface area (TPSA) is 93.0 Å². The second-order valence-corrected chi connectivity index (χ2v) is 6.66. The molecule has 0 bridgehead atoms. The van der Waals surface area contributed by atoms with Crippen LogP contribution in [0.5, 0.6) is 5.75 Å². The highest BCUT2D eigenvalue weighted by molar-refractivity contribution is 5.95. The summed E-state index contributed by atoms with van der Waals surface area (Å²) in [5.41, 5.74) is 2.94. The van der Waals surface area contributed by atoms with Gasteiger partial charge in [0.1, 0.15) is 11.3 Å². The van der Waals surface area contributed by atoms with Gasteiger partial charge in [0, 0.05) is 12.0 Å². The maximum Gasteiger partial charge on any atom is 0.255 e. The van der Waals surface area contributed by atoms with Crippen molar-refractivity contribution >= 4 is 17.0 Å². The number of carbonyl (C=O) groups excluding carboxylic acids is 1. The number of rotatable bonds is 5. The lowest BCUT2D eigenvalue weighted by Crippen LogP contribution is -2.24. The maximum absolute atomic E-state index is 12.6.